The maximum absolute atomic E-state index is 13.8. The Morgan fingerprint density at radius 1 is 0.710 bits per heavy atom. The van der Waals surface area contributed by atoms with Gasteiger partial charge in [-0.3, -0.25) is 4.90 Å². The third kappa shape index (κ3) is 6.26. The first-order valence-electron chi connectivity index (χ1n) is 10.4. The van der Waals surface area contributed by atoms with Gasteiger partial charge >= 0.3 is 0 Å². The second-order valence-corrected chi connectivity index (χ2v) is 7.71. The highest BCUT2D eigenvalue weighted by atomic mass is 35.5. The smallest absolute Gasteiger partial charge is 0.130 e. The monoisotopic (exact) mass is 443 g/mol. The molecular formula is C25H28ClF2N3. The van der Waals surface area contributed by atoms with E-state index in [1.54, 1.807) is 0 Å². The summed E-state index contributed by atoms with van der Waals surface area (Å²) in [5.74, 6) is -1.05. The summed E-state index contributed by atoms with van der Waals surface area (Å²) in [5.41, 5.74) is 4.27. The molecule has 1 saturated heterocycles. The molecule has 0 saturated carbocycles. The van der Waals surface area contributed by atoms with E-state index in [0.29, 0.717) is 18.7 Å². The molecule has 1 aliphatic rings. The second kappa shape index (κ2) is 11.2. The number of piperazine rings is 1. The minimum Gasteiger partial charge on any atom is -0.369 e. The van der Waals surface area contributed by atoms with Crippen LogP contribution in [0.25, 0.3) is 0 Å². The molecule has 6 heteroatoms. The number of hydrogen-bond donors (Lipinski definition) is 1. The molecule has 0 aliphatic carbocycles. The van der Waals surface area contributed by atoms with Gasteiger partial charge in [0.05, 0.1) is 0 Å². The predicted octanol–water partition coefficient (Wildman–Crippen LogP) is 5.00. The van der Waals surface area contributed by atoms with Crippen LogP contribution in [0.15, 0.2) is 72.8 Å². The van der Waals surface area contributed by atoms with Crippen molar-refractivity contribution >= 4 is 18.1 Å². The van der Waals surface area contributed by atoms with Gasteiger partial charge in [-0.2, -0.15) is 0 Å². The van der Waals surface area contributed by atoms with Crippen LogP contribution in [0.1, 0.15) is 16.7 Å². The predicted molar refractivity (Wildman–Crippen MR) is 125 cm³/mol. The van der Waals surface area contributed by atoms with E-state index in [0.717, 1.165) is 38.8 Å². The van der Waals surface area contributed by atoms with Gasteiger partial charge in [-0.25, -0.2) is 8.78 Å². The molecule has 1 aliphatic heterocycles. The van der Waals surface area contributed by atoms with Gasteiger partial charge in [-0.1, -0.05) is 48.5 Å². The number of nitrogens with zero attached hydrogens (tertiary/aromatic N) is 2. The van der Waals surface area contributed by atoms with Gasteiger partial charge in [0.2, 0.25) is 0 Å². The largest absolute Gasteiger partial charge is 0.369 e. The van der Waals surface area contributed by atoms with Gasteiger partial charge in [0.15, 0.2) is 0 Å². The van der Waals surface area contributed by atoms with E-state index >= 15 is 0 Å². The number of anilines is 1. The molecule has 1 N–H and O–H groups in total. The Balaban J connectivity index is 0.00000272. The van der Waals surface area contributed by atoms with E-state index in [-0.39, 0.29) is 12.4 Å². The van der Waals surface area contributed by atoms with Crippen molar-refractivity contribution in [3.8, 4) is 0 Å². The maximum atomic E-state index is 13.8. The summed E-state index contributed by atoms with van der Waals surface area (Å²) in [5, 5.41) is 3.30. The number of halogens is 3. The molecule has 0 spiro atoms. The highest BCUT2D eigenvalue weighted by Gasteiger charge is 2.18. The van der Waals surface area contributed by atoms with Gasteiger partial charge in [0.1, 0.15) is 11.6 Å². The number of para-hydroxylation sites is 1. The van der Waals surface area contributed by atoms with Crippen molar-refractivity contribution in [2.75, 3.05) is 31.1 Å². The quantitative estimate of drug-likeness (QED) is 0.554. The lowest BCUT2D eigenvalue weighted by Crippen LogP contribution is -2.46. The van der Waals surface area contributed by atoms with Crippen molar-refractivity contribution < 1.29 is 8.78 Å². The van der Waals surface area contributed by atoms with Crippen molar-refractivity contribution in [2.45, 2.75) is 19.6 Å². The summed E-state index contributed by atoms with van der Waals surface area (Å²) in [7, 11) is 0. The summed E-state index contributed by atoms with van der Waals surface area (Å²) in [4.78, 5) is 4.92. The van der Waals surface area contributed by atoms with Gasteiger partial charge in [-0.15, -0.1) is 12.4 Å². The summed E-state index contributed by atoms with van der Waals surface area (Å²) < 4.78 is 26.9. The first-order chi connectivity index (χ1) is 14.7. The lowest BCUT2D eigenvalue weighted by molar-refractivity contribution is 0.249. The zero-order valence-electron chi connectivity index (χ0n) is 17.4. The van der Waals surface area contributed by atoms with Crippen molar-refractivity contribution in [1.29, 1.82) is 0 Å². The summed E-state index contributed by atoms with van der Waals surface area (Å²) in [6.45, 7) is 6.02. The molecule has 0 bridgehead atoms. The number of rotatable bonds is 7. The maximum Gasteiger partial charge on any atom is 0.130 e. The molecular weight excluding hydrogens is 416 g/mol. The Bertz CT molecular complexity index is 960. The first kappa shape index (κ1) is 23.2. The summed E-state index contributed by atoms with van der Waals surface area (Å²) >= 11 is 0. The third-order valence-electron chi connectivity index (χ3n) is 5.65. The van der Waals surface area contributed by atoms with Crippen molar-refractivity contribution in [3.63, 3.8) is 0 Å². The van der Waals surface area contributed by atoms with Crippen LogP contribution >= 0.6 is 12.4 Å². The molecule has 3 aromatic rings. The van der Waals surface area contributed by atoms with Crippen molar-refractivity contribution in [1.82, 2.24) is 10.2 Å². The fourth-order valence-electron chi connectivity index (χ4n) is 3.92. The molecule has 3 aromatic carbocycles. The lowest BCUT2D eigenvalue weighted by Gasteiger charge is -2.36. The normalized spacial score (nSPS) is 14.3. The Morgan fingerprint density at radius 3 is 2.06 bits per heavy atom. The van der Waals surface area contributed by atoms with E-state index in [2.05, 4.69) is 63.6 Å². The van der Waals surface area contributed by atoms with Gasteiger partial charge < -0.3 is 10.2 Å². The zero-order valence-corrected chi connectivity index (χ0v) is 18.3. The Hall–Kier alpha value is -2.47. The van der Waals surface area contributed by atoms with Crippen LogP contribution in [0, 0.1) is 11.6 Å². The van der Waals surface area contributed by atoms with E-state index in [1.807, 2.05) is 6.07 Å². The molecule has 0 aromatic heterocycles. The van der Waals surface area contributed by atoms with E-state index in [9.17, 15) is 8.78 Å². The fraction of sp³-hybridized carbons (Fsp3) is 0.280. The molecule has 1 fully saturated rings. The molecule has 0 atom stereocenters. The minimum absolute atomic E-state index is 0. The van der Waals surface area contributed by atoms with Crippen molar-refractivity contribution in [2.24, 2.45) is 0 Å². The Labute approximate surface area is 189 Å². The highest BCUT2D eigenvalue weighted by molar-refractivity contribution is 5.85. The molecule has 31 heavy (non-hydrogen) atoms. The SMILES string of the molecule is Cl.Fc1ccc(CNCc2ccccc2CN2CCN(c3ccccc3)CC2)c(F)c1. The third-order valence-corrected chi connectivity index (χ3v) is 5.65. The van der Waals surface area contributed by atoms with Crippen LogP contribution in [0.5, 0.6) is 0 Å². The highest BCUT2D eigenvalue weighted by Crippen LogP contribution is 2.18. The number of nitrogens with one attached hydrogen (secondary N) is 1. The Kier molecular flexibility index (Phi) is 8.41. The van der Waals surface area contributed by atoms with Crippen molar-refractivity contribution in [3.05, 3.63) is 101 Å². The topological polar surface area (TPSA) is 18.5 Å². The average Bonchev–Trinajstić information content (AvgIpc) is 2.77. The molecule has 164 valence electrons. The first-order valence-corrected chi connectivity index (χ1v) is 10.4. The molecule has 4 rings (SSSR count). The zero-order chi connectivity index (χ0) is 20.8. The van der Waals surface area contributed by atoms with Crippen LogP contribution in [0.2, 0.25) is 0 Å². The summed E-state index contributed by atoms with van der Waals surface area (Å²) in [6.07, 6.45) is 0. The second-order valence-electron chi connectivity index (χ2n) is 7.71. The number of benzene rings is 3. The van der Waals surface area contributed by atoms with E-state index in [4.69, 9.17) is 0 Å². The van der Waals surface area contributed by atoms with Crippen LogP contribution < -0.4 is 10.2 Å². The van der Waals surface area contributed by atoms with Gasteiger partial charge in [0, 0.05) is 63.1 Å². The van der Waals surface area contributed by atoms with Crippen LogP contribution in [-0.4, -0.2) is 31.1 Å². The minimum atomic E-state index is -0.547. The summed E-state index contributed by atoms with van der Waals surface area (Å²) in [6, 6.07) is 22.7. The average molecular weight is 444 g/mol. The Morgan fingerprint density at radius 2 is 1.35 bits per heavy atom. The standard InChI is InChI=1S/C25H27F2N3.ClH/c26-23-11-10-21(25(27)16-23)18-28-17-20-6-4-5-7-22(20)19-29-12-14-30(15-13-29)24-8-2-1-3-9-24;/h1-11,16,28H,12-15,17-19H2;1H. The molecule has 0 amide bonds. The molecule has 0 unspecified atom stereocenters. The van der Waals surface area contributed by atoms with Crippen LogP contribution in [-0.2, 0) is 19.6 Å². The van der Waals surface area contributed by atoms with E-state index in [1.165, 1.54) is 28.9 Å². The molecule has 3 nitrogen and oxygen atoms in total. The van der Waals surface area contributed by atoms with Gasteiger partial charge in [-0.05, 0) is 29.3 Å². The van der Waals surface area contributed by atoms with Gasteiger partial charge in [0.25, 0.3) is 0 Å². The lowest BCUT2D eigenvalue weighted by atomic mass is 10.1. The molecule has 1 heterocycles. The number of hydrogen-bond acceptors (Lipinski definition) is 3. The fourth-order valence-corrected chi connectivity index (χ4v) is 3.92. The van der Waals surface area contributed by atoms with Crippen LogP contribution in [0.4, 0.5) is 14.5 Å². The molecule has 0 radical (unpaired) electrons. The van der Waals surface area contributed by atoms with Crippen LogP contribution in [0.3, 0.4) is 0 Å². The van der Waals surface area contributed by atoms with E-state index < -0.39 is 11.6 Å².